The van der Waals surface area contributed by atoms with Crippen LogP contribution in [0.15, 0.2) is 78.9 Å². The van der Waals surface area contributed by atoms with E-state index in [9.17, 15) is 18.0 Å². The second-order valence-corrected chi connectivity index (χ2v) is 13.0. The van der Waals surface area contributed by atoms with Crippen molar-refractivity contribution in [2.75, 3.05) is 17.1 Å². The molecule has 0 spiro atoms. The molecule has 0 fully saturated rings. The van der Waals surface area contributed by atoms with E-state index in [1.54, 1.807) is 48.5 Å². The lowest BCUT2D eigenvalue weighted by atomic mass is 10.0. The van der Waals surface area contributed by atoms with E-state index in [0.29, 0.717) is 16.3 Å². The minimum absolute atomic E-state index is 0.0269. The first-order valence-electron chi connectivity index (χ1n) is 12.7. The van der Waals surface area contributed by atoms with E-state index in [1.807, 2.05) is 58.0 Å². The molecule has 0 saturated carbocycles. The zero-order chi connectivity index (χ0) is 28.8. The molecule has 0 radical (unpaired) electrons. The summed E-state index contributed by atoms with van der Waals surface area (Å²) in [5.41, 5.74) is 2.29. The quantitative estimate of drug-likeness (QED) is 0.373. The Balaban J connectivity index is 2.08. The van der Waals surface area contributed by atoms with Crippen LogP contribution in [0.4, 0.5) is 5.69 Å². The van der Waals surface area contributed by atoms with Crippen molar-refractivity contribution in [3.05, 3.63) is 101 Å². The van der Waals surface area contributed by atoms with Gasteiger partial charge in [0.1, 0.15) is 12.6 Å². The van der Waals surface area contributed by atoms with Crippen molar-refractivity contribution >= 4 is 39.1 Å². The number of carbonyl (C=O) groups is 2. The number of benzene rings is 3. The Morgan fingerprint density at radius 3 is 2.08 bits per heavy atom. The molecule has 0 aromatic heterocycles. The number of rotatable bonds is 10. The summed E-state index contributed by atoms with van der Waals surface area (Å²) in [6.07, 6.45) is 1.30. The maximum absolute atomic E-state index is 14.1. The highest BCUT2D eigenvalue weighted by Crippen LogP contribution is 2.23. The SMILES string of the molecule is Cc1ccc(N(CC(=O)N(Cc2ccccc2Cl)[C@H](Cc2ccccc2)C(=O)NC(C)(C)C)S(C)(=O)=O)cc1. The molecule has 0 unspecified atom stereocenters. The third-order valence-electron chi connectivity index (χ3n) is 6.07. The second kappa shape index (κ2) is 12.7. The van der Waals surface area contributed by atoms with Gasteiger partial charge in [0, 0.05) is 23.5 Å². The second-order valence-electron chi connectivity index (χ2n) is 10.7. The Kier molecular flexibility index (Phi) is 9.80. The lowest BCUT2D eigenvalue weighted by molar-refractivity contribution is -0.140. The molecule has 39 heavy (non-hydrogen) atoms. The number of nitrogens with zero attached hydrogens (tertiary/aromatic N) is 2. The van der Waals surface area contributed by atoms with Gasteiger partial charge in [-0.05, 0) is 57.0 Å². The average Bonchev–Trinajstić information content (AvgIpc) is 2.85. The van der Waals surface area contributed by atoms with E-state index in [2.05, 4.69) is 5.32 Å². The number of nitrogens with one attached hydrogen (secondary N) is 1. The monoisotopic (exact) mass is 569 g/mol. The van der Waals surface area contributed by atoms with Gasteiger partial charge in [-0.25, -0.2) is 8.42 Å². The molecule has 0 heterocycles. The van der Waals surface area contributed by atoms with Crippen molar-refractivity contribution in [3.63, 3.8) is 0 Å². The molecular weight excluding hydrogens is 534 g/mol. The molecule has 3 aromatic rings. The van der Waals surface area contributed by atoms with Crippen molar-refractivity contribution in [2.45, 2.75) is 52.2 Å². The van der Waals surface area contributed by atoms with Gasteiger partial charge >= 0.3 is 0 Å². The number of amides is 2. The fraction of sp³-hybridized carbons (Fsp3) is 0.333. The number of carbonyl (C=O) groups excluding carboxylic acids is 2. The topological polar surface area (TPSA) is 86.8 Å². The Labute approximate surface area is 236 Å². The molecule has 0 aliphatic rings. The van der Waals surface area contributed by atoms with Crippen LogP contribution < -0.4 is 9.62 Å². The third kappa shape index (κ3) is 8.83. The van der Waals surface area contributed by atoms with Crippen LogP contribution in [0.1, 0.15) is 37.5 Å². The molecule has 0 bridgehead atoms. The molecule has 2 amide bonds. The molecule has 1 atom stereocenters. The van der Waals surface area contributed by atoms with E-state index in [1.165, 1.54) is 4.90 Å². The summed E-state index contributed by atoms with van der Waals surface area (Å²) >= 11 is 6.47. The lowest BCUT2D eigenvalue weighted by Crippen LogP contribution is -2.56. The fourth-order valence-corrected chi connectivity index (χ4v) is 5.19. The van der Waals surface area contributed by atoms with Gasteiger partial charge in [0.2, 0.25) is 21.8 Å². The summed E-state index contributed by atoms with van der Waals surface area (Å²) in [7, 11) is -3.81. The van der Waals surface area contributed by atoms with Crippen molar-refractivity contribution in [1.29, 1.82) is 0 Å². The average molecular weight is 570 g/mol. The van der Waals surface area contributed by atoms with Crippen LogP contribution in [0, 0.1) is 6.92 Å². The number of halogens is 1. The van der Waals surface area contributed by atoms with Gasteiger partial charge in [0.15, 0.2) is 0 Å². The maximum atomic E-state index is 14.1. The zero-order valence-corrected chi connectivity index (χ0v) is 24.6. The first-order valence-corrected chi connectivity index (χ1v) is 14.9. The van der Waals surface area contributed by atoms with Crippen molar-refractivity contribution < 1.29 is 18.0 Å². The first kappa shape index (κ1) is 30.2. The number of aryl methyl sites for hydroxylation is 1. The zero-order valence-electron chi connectivity index (χ0n) is 23.0. The van der Waals surface area contributed by atoms with Gasteiger partial charge in [-0.3, -0.25) is 13.9 Å². The summed E-state index contributed by atoms with van der Waals surface area (Å²) in [4.78, 5) is 29.2. The molecular formula is C30H36ClN3O4S. The van der Waals surface area contributed by atoms with Gasteiger partial charge in [0.25, 0.3) is 0 Å². The Morgan fingerprint density at radius 1 is 0.923 bits per heavy atom. The van der Waals surface area contributed by atoms with Crippen molar-refractivity contribution in [1.82, 2.24) is 10.2 Å². The van der Waals surface area contributed by atoms with E-state index < -0.39 is 34.1 Å². The predicted octanol–water partition coefficient (Wildman–Crippen LogP) is 4.97. The van der Waals surface area contributed by atoms with E-state index >= 15 is 0 Å². The van der Waals surface area contributed by atoms with E-state index in [4.69, 9.17) is 11.6 Å². The highest BCUT2D eigenvalue weighted by molar-refractivity contribution is 7.92. The van der Waals surface area contributed by atoms with Gasteiger partial charge in [-0.15, -0.1) is 0 Å². The summed E-state index contributed by atoms with van der Waals surface area (Å²) in [5, 5.41) is 3.45. The minimum atomic E-state index is -3.81. The smallest absolute Gasteiger partial charge is 0.244 e. The Morgan fingerprint density at radius 2 is 1.51 bits per heavy atom. The van der Waals surface area contributed by atoms with Gasteiger partial charge in [0.05, 0.1) is 11.9 Å². The molecule has 0 saturated heterocycles. The van der Waals surface area contributed by atoms with Crippen LogP contribution in [0.2, 0.25) is 5.02 Å². The fourth-order valence-electron chi connectivity index (χ4n) is 4.14. The third-order valence-corrected chi connectivity index (χ3v) is 7.58. The first-order chi connectivity index (χ1) is 18.2. The van der Waals surface area contributed by atoms with Gasteiger partial charge in [-0.1, -0.05) is 77.8 Å². The predicted molar refractivity (Wildman–Crippen MR) is 157 cm³/mol. The molecule has 3 rings (SSSR count). The van der Waals surface area contributed by atoms with Crippen LogP contribution >= 0.6 is 11.6 Å². The number of hydrogen-bond donors (Lipinski definition) is 1. The van der Waals surface area contributed by atoms with Crippen LogP contribution in [-0.2, 0) is 32.6 Å². The van der Waals surface area contributed by atoms with Crippen LogP contribution in [0.5, 0.6) is 0 Å². The largest absolute Gasteiger partial charge is 0.350 e. The summed E-state index contributed by atoms with van der Waals surface area (Å²) in [6.45, 7) is 7.06. The summed E-state index contributed by atoms with van der Waals surface area (Å²) < 4.78 is 26.7. The molecule has 3 aromatic carbocycles. The van der Waals surface area contributed by atoms with E-state index in [-0.39, 0.29) is 18.9 Å². The van der Waals surface area contributed by atoms with Crippen molar-refractivity contribution in [3.8, 4) is 0 Å². The normalized spacial score (nSPS) is 12.5. The molecule has 9 heteroatoms. The van der Waals surface area contributed by atoms with Crippen LogP contribution in [0.3, 0.4) is 0 Å². The van der Waals surface area contributed by atoms with E-state index in [0.717, 1.165) is 21.7 Å². The molecule has 0 aliphatic carbocycles. The highest BCUT2D eigenvalue weighted by Gasteiger charge is 2.34. The number of hydrogen-bond acceptors (Lipinski definition) is 4. The van der Waals surface area contributed by atoms with Gasteiger partial charge < -0.3 is 10.2 Å². The Hall–Kier alpha value is -3.36. The minimum Gasteiger partial charge on any atom is -0.350 e. The number of sulfonamides is 1. The summed E-state index contributed by atoms with van der Waals surface area (Å²) in [6, 6.07) is 22.5. The lowest BCUT2D eigenvalue weighted by Gasteiger charge is -2.35. The molecule has 208 valence electrons. The van der Waals surface area contributed by atoms with Crippen LogP contribution in [0.25, 0.3) is 0 Å². The molecule has 1 N–H and O–H groups in total. The highest BCUT2D eigenvalue weighted by atomic mass is 35.5. The van der Waals surface area contributed by atoms with Crippen molar-refractivity contribution in [2.24, 2.45) is 0 Å². The van der Waals surface area contributed by atoms with Crippen LogP contribution in [-0.4, -0.2) is 49.5 Å². The molecule has 7 nitrogen and oxygen atoms in total. The summed E-state index contributed by atoms with van der Waals surface area (Å²) in [5.74, 6) is -0.862. The maximum Gasteiger partial charge on any atom is 0.244 e. The Bertz CT molecular complexity index is 1390. The van der Waals surface area contributed by atoms with Gasteiger partial charge in [-0.2, -0.15) is 0 Å². The number of anilines is 1. The standard InChI is InChI=1S/C30H36ClN3O4S/c1-22-15-17-25(18-16-22)34(39(5,37)38)21-28(35)33(20-24-13-9-10-14-26(24)31)27(29(36)32-30(2,3)4)19-23-11-7-6-8-12-23/h6-18,27H,19-21H2,1-5H3,(H,32,36)/t27-/m1/s1. The molecule has 0 aliphatic heterocycles.